The van der Waals surface area contributed by atoms with Gasteiger partial charge in [0.05, 0.1) is 6.61 Å². The van der Waals surface area contributed by atoms with Gasteiger partial charge in [0.1, 0.15) is 0 Å². The molecule has 0 aliphatic rings. The van der Waals surface area contributed by atoms with E-state index in [0.29, 0.717) is 12.4 Å². The normalized spacial score (nSPS) is 8.92. The molecule has 0 saturated heterocycles. The molecule has 0 heterocycles. The van der Waals surface area contributed by atoms with Crippen LogP contribution < -0.4 is 23.6 Å². The maximum Gasteiger partial charge on any atom is 1.00 e. The number of benzene rings is 1. The average Bonchev–Trinajstić information content (AvgIpc) is 1.95. The van der Waals surface area contributed by atoms with Gasteiger partial charge in [-0.1, -0.05) is 0 Å². The monoisotopic (exact) mass is 180 g/mol. The van der Waals surface area contributed by atoms with Gasteiger partial charge in [0, 0.05) is 11.6 Å². The fourth-order valence-corrected chi connectivity index (χ4v) is 0.905. The Kier molecular flexibility index (Phi) is 5.40. The molecule has 1 rings (SSSR count). The molecule has 12 heavy (non-hydrogen) atoms. The summed E-state index contributed by atoms with van der Waals surface area (Å²) in [6.45, 7) is 2.35. The predicted molar refractivity (Wildman–Crippen MR) is 41.4 cm³/mol. The Morgan fingerprint density at radius 3 is 2.75 bits per heavy atom. The van der Waals surface area contributed by atoms with Gasteiger partial charge in [-0.25, -0.2) is 4.39 Å². The van der Waals surface area contributed by atoms with Gasteiger partial charge in [-0.05, 0) is 11.9 Å². The molecule has 0 N–H and O–H groups in total. The van der Waals surface area contributed by atoms with Crippen LogP contribution in [-0.4, -0.2) is 6.61 Å². The van der Waals surface area contributed by atoms with Crippen molar-refractivity contribution in [2.75, 3.05) is 6.61 Å². The zero-order valence-electron chi connectivity index (χ0n) is 7.03. The van der Waals surface area contributed by atoms with Crippen LogP contribution in [0, 0.1) is 11.9 Å². The predicted octanol–water partition coefficient (Wildman–Crippen LogP) is -0.318. The van der Waals surface area contributed by atoms with Crippen molar-refractivity contribution < 1.29 is 28.0 Å². The Morgan fingerprint density at radius 2 is 2.25 bits per heavy atom. The van der Waals surface area contributed by atoms with Gasteiger partial charge < -0.3 is 4.74 Å². The van der Waals surface area contributed by atoms with E-state index >= 15 is 0 Å². The van der Waals surface area contributed by atoms with E-state index in [4.69, 9.17) is 16.3 Å². The van der Waals surface area contributed by atoms with Gasteiger partial charge in [-0.15, -0.1) is 29.8 Å². The van der Waals surface area contributed by atoms with E-state index in [0.717, 1.165) is 0 Å². The first-order valence-corrected chi connectivity index (χ1v) is 3.62. The maximum absolute atomic E-state index is 12.4. The number of hydrogen-bond acceptors (Lipinski definition) is 1. The Labute approximate surface area is 88.0 Å². The quantitative estimate of drug-likeness (QED) is 0.448. The first kappa shape index (κ1) is 11.8. The number of ether oxygens (including phenoxy) is 1. The molecule has 0 radical (unpaired) electrons. The Morgan fingerprint density at radius 1 is 1.58 bits per heavy atom. The van der Waals surface area contributed by atoms with Crippen LogP contribution in [0.1, 0.15) is 6.92 Å². The second kappa shape index (κ2) is 5.48. The van der Waals surface area contributed by atoms with Crippen molar-refractivity contribution in [3.8, 4) is 5.75 Å². The summed E-state index contributed by atoms with van der Waals surface area (Å²) in [5.41, 5.74) is 0. The molecular weight excluding hydrogens is 173 g/mol. The van der Waals surface area contributed by atoms with E-state index in [9.17, 15) is 4.39 Å². The Balaban J connectivity index is 0.00000121. The van der Waals surface area contributed by atoms with E-state index in [2.05, 4.69) is 6.07 Å². The van der Waals surface area contributed by atoms with Gasteiger partial charge in [0.15, 0.2) is 0 Å². The van der Waals surface area contributed by atoms with E-state index in [-0.39, 0.29) is 23.9 Å². The number of halogens is 2. The number of hydrogen-bond donors (Lipinski definition) is 0. The summed E-state index contributed by atoms with van der Waals surface area (Å²) >= 11 is 5.59. The Hall–Kier alpha value is -0.163. The van der Waals surface area contributed by atoms with Gasteiger partial charge >= 0.3 is 18.9 Å². The summed E-state index contributed by atoms with van der Waals surface area (Å²) in [5.74, 6) is -0.00554. The molecule has 0 aromatic heterocycles. The summed E-state index contributed by atoms with van der Waals surface area (Å²) in [6, 6.07) is 5.04. The van der Waals surface area contributed by atoms with Crippen molar-refractivity contribution in [1.29, 1.82) is 0 Å². The molecule has 0 bridgehead atoms. The van der Waals surface area contributed by atoms with Gasteiger partial charge in [-0.3, -0.25) is 0 Å². The second-order valence-corrected chi connectivity index (χ2v) is 2.30. The van der Waals surface area contributed by atoms with Crippen molar-refractivity contribution in [3.63, 3.8) is 0 Å². The van der Waals surface area contributed by atoms with Crippen LogP contribution in [0.25, 0.3) is 0 Å². The van der Waals surface area contributed by atoms with Crippen molar-refractivity contribution in [3.05, 3.63) is 29.0 Å². The minimum Gasteiger partial charge on any atom is -0.550 e. The molecule has 0 aliphatic heterocycles. The van der Waals surface area contributed by atoms with E-state index in [1.165, 1.54) is 12.1 Å². The molecule has 1 nitrogen and oxygen atoms in total. The summed E-state index contributed by atoms with van der Waals surface area (Å²) < 4.78 is 17.5. The first-order valence-electron chi connectivity index (χ1n) is 3.24. The van der Waals surface area contributed by atoms with E-state index in [1.54, 1.807) is 0 Å². The topological polar surface area (TPSA) is 9.23 Å². The molecule has 0 spiro atoms. The van der Waals surface area contributed by atoms with Gasteiger partial charge in [0.2, 0.25) is 0 Å². The molecular formula is C8H7ClFLiO. The molecule has 0 amide bonds. The van der Waals surface area contributed by atoms with E-state index < -0.39 is 5.82 Å². The summed E-state index contributed by atoms with van der Waals surface area (Å²) in [5, 5.41) is 0.187. The Bertz CT molecular complexity index is 255. The third kappa shape index (κ3) is 3.06. The first-order chi connectivity index (χ1) is 5.24. The van der Waals surface area contributed by atoms with Crippen LogP contribution in [0.15, 0.2) is 12.1 Å². The molecule has 1 aromatic carbocycles. The molecule has 0 unspecified atom stereocenters. The zero-order chi connectivity index (χ0) is 8.27. The second-order valence-electron chi connectivity index (χ2n) is 1.92. The molecule has 4 heteroatoms. The SMILES string of the molecule is CCOc1ccc(F)[c-]c1Cl.[Li+]. The fraction of sp³-hybridized carbons (Fsp3) is 0.250. The minimum absolute atomic E-state index is 0. The minimum atomic E-state index is -0.474. The molecule has 0 saturated carbocycles. The van der Waals surface area contributed by atoms with Crippen LogP contribution in [0.5, 0.6) is 5.75 Å². The summed E-state index contributed by atoms with van der Waals surface area (Å²) in [6.07, 6.45) is 0. The zero-order valence-corrected chi connectivity index (χ0v) is 7.78. The maximum atomic E-state index is 12.4. The summed E-state index contributed by atoms with van der Waals surface area (Å²) in [4.78, 5) is 0. The fourth-order valence-electron chi connectivity index (χ4n) is 0.697. The van der Waals surface area contributed by atoms with Crippen molar-refractivity contribution in [2.45, 2.75) is 6.92 Å². The number of rotatable bonds is 2. The van der Waals surface area contributed by atoms with Crippen LogP contribution >= 0.6 is 11.6 Å². The van der Waals surface area contributed by atoms with Crippen LogP contribution in [0.2, 0.25) is 5.02 Å². The third-order valence-corrected chi connectivity index (χ3v) is 1.41. The van der Waals surface area contributed by atoms with Gasteiger partial charge in [0.25, 0.3) is 0 Å². The standard InChI is InChI=1S/C8H7ClFO.Li/c1-2-11-8-4-3-6(10)5-7(8)9;/h3-4H,2H2,1H3;/q-1;+1. The van der Waals surface area contributed by atoms with Crippen LogP contribution in [-0.2, 0) is 0 Å². The molecule has 1 aromatic rings. The smallest absolute Gasteiger partial charge is 0.550 e. The largest absolute Gasteiger partial charge is 1.00 e. The van der Waals surface area contributed by atoms with Crippen LogP contribution in [0.4, 0.5) is 4.39 Å². The van der Waals surface area contributed by atoms with Crippen LogP contribution in [0.3, 0.4) is 0 Å². The third-order valence-electron chi connectivity index (χ3n) is 1.13. The molecule has 60 valence electrons. The molecule has 0 atom stereocenters. The van der Waals surface area contributed by atoms with E-state index in [1.807, 2.05) is 6.92 Å². The van der Waals surface area contributed by atoms with Gasteiger partial charge in [-0.2, -0.15) is 0 Å². The van der Waals surface area contributed by atoms with Crippen molar-refractivity contribution in [2.24, 2.45) is 0 Å². The molecule has 0 fully saturated rings. The average molecular weight is 181 g/mol. The molecule has 0 aliphatic carbocycles. The van der Waals surface area contributed by atoms with Crippen molar-refractivity contribution in [1.82, 2.24) is 0 Å². The van der Waals surface area contributed by atoms with Crippen molar-refractivity contribution >= 4 is 11.6 Å². The summed E-state index contributed by atoms with van der Waals surface area (Å²) in [7, 11) is 0.